The third-order valence-electron chi connectivity index (χ3n) is 0.928. The van der Waals surface area contributed by atoms with E-state index in [-0.39, 0.29) is 23.3 Å². The van der Waals surface area contributed by atoms with Gasteiger partial charge < -0.3 is 15.2 Å². The zero-order valence-electron chi connectivity index (χ0n) is 5.79. The topological polar surface area (TPSA) is 44.5 Å². The van der Waals surface area contributed by atoms with Gasteiger partial charge in [-0.05, 0) is 6.54 Å². The average Bonchev–Trinajstić information content (AvgIpc) is 1.83. The molecule has 0 spiro atoms. The van der Waals surface area contributed by atoms with E-state index in [1.54, 1.807) is 14.2 Å². The summed E-state index contributed by atoms with van der Waals surface area (Å²) in [6.45, 7) is 0.604. The number of nitrogens with two attached hydrogens (primary N) is 1. The van der Waals surface area contributed by atoms with Gasteiger partial charge in [-0.1, -0.05) is 0 Å². The van der Waals surface area contributed by atoms with Crippen LogP contribution in [-0.4, -0.2) is 27.1 Å². The van der Waals surface area contributed by atoms with E-state index in [1.807, 2.05) is 0 Å². The van der Waals surface area contributed by atoms with Gasteiger partial charge in [-0.15, -0.1) is 17.0 Å². The van der Waals surface area contributed by atoms with Crippen molar-refractivity contribution in [1.29, 1.82) is 0 Å². The molecule has 0 fully saturated rings. The van der Waals surface area contributed by atoms with Crippen LogP contribution in [0.3, 0.4) is 0 Å². The van der Waals surface area contributed by atoms with Crippen LogP contribution in [0.15, 0.2) is 0 Å². The Labute approximate surface area is 66.3 Å². The Balaban J connectivity index is 0. The van der Waals surface area contributed by atoms with E-state index >= 15 is 0 Å². The maximum Gasteiger partial charge on any atom is 0.158 e. The normalized spacial score (nSPS) is 9.33. The summed E-state index contributed by atoms with van der Waals surface area (Å²) >= 11 is 0. The summed E-state index contributed by atoms with van der Waals surface area (Å²) in [5.41, 5.74) is 5.22. The van der Waals surface area contributed by atoms with Crippen LogP contribution in [0, 0.1) is 0 Å². The summed E-state index contributed by atoms with van der Waals surface area (Å²) in [6.07, 6.45) is 0.632. The zero-order chi connectivity index (χ0) is 6.41. The van der Waals surface area contributed by atoms with Crippen LogP contribution < -0.4 is 5.73 Å². The third-order valence-corrected chi connectivity index (χ3v) is 0.928. The molecule has 0 saturated carbocycles. The second kappa shape index (κ2) is 8.36. The maximum absolute atomic E-state index is 5.22. The van der Waals surface area contributed by atoms with Crippen molar-refractivity contribution in [2.75, 3.05) is 20.8 Å². The molecule has 0 saturated heterocycles. The number of ether oxygens (including phenoxy) is 2. The molecule has 0 aromatic heterocycles. The minimum absolute atomic E-state index is 0. The SMILES string of the molecule is Br.COC(CCN)OC. The molecule has 9 heavy (non-hydrogen) atoms. The van der Waals surface area contributed by atoms with E-state index in [1.165, 1.54) is 0 Å². The van der Waals surface area contributed by atoms with Crippen molar-refractivity contribution >= 4 is 17.0 Å². The molecular formula is C5H14BrNO2. The van der Waals surface area contributed by atoms with Crippen LogP contribution in [0.1, 0.15) is 6.42 Å². The molecule has 4 heteroatoms. The van der Waals surface area contributed by atoms with Crippen LogP contribution in [0.25, 0.3) is 0 Å². The molecule has 58 valence electrons. The van der Waals surface area contributed by atoms with Gasteiger partial charge in [0.1, 0.15) is 0 Å². The Hall–Kier alpha value is 0.360. The van der Waals surface area contributed by atoms with Gasteiger partial charge in [0.15, 0.2) is 6.29 Å². The molecule has 0 aliphatic heterocycles. The fourth-order valence-corrected chi connectivity index (χ4v) is 0.468. The van der Waals surface area contributed by atoms with Crippen molar-refractivity contribution in [3.8, 4) is 0 Å². The second-order valence-electron chi connectivity index (χ2n) is 1.48. The van der Waals surface area contributed by atoms with Crippen molar-refractivity contribution in [3.05, 3.63) is 0 Å². The molecule has 0 radical (unpaired) electrons. The van der Waals surface area contributed by atoms with Gasteiger partial charge in [-0.25, -0.2) is 0 Å². The summed E-state index contributed by atoms with van der Waals surface area (Å²) in [4.78, 5) is 0. The number of methoxy groups -OCH3 is 2. The highest BCUT2D eigenvalue weighted by Gasteiger charge is 2.00. The first-order valence-electron chi connectivity index (χ1n) is 2.60. The van der Waals surface area contributed by atoms with Crippen molar-refractivity contribution in [2.45, 2.75) is 12.7 Å². The predicted molar refractivity (Wildman–Crippen MR) is 41.8 cm³/mol. The number of halogens is 1. The molecule has 0 aliphatic rings. The molecule has 0 aromatic rings. The molecule has 0 heterocycles. The van der Waals surface area contributed by atoms with Gasteiger partial charge in [0.05, 0.1) is 0 Å². The molecule has 3 nitrogen and oxygen atoms in total. The summed E-state index contributed by atoms with van der Waals surface area (Å²) in [6, 6.07) is 0. The summed E-state index contributed by atoms with van der Waals surface area (Å²) < 4.78 is 9.68. The predicted octanol–water partition coefficient (Wildman–Crippen LogP) is 0.532. The molecule has 0 unspecified atom stereocenters. The van der Waals surface area contributed by atoms with E-state index in [2.05, 4.69) is 0 Å². The molecule has 0 atom stereocenters. The Morgan fingerprint density at radius 3 is 1.89 bits per heavy atom. The minimum atomic E-state index is -0.125. The average molecular weight is 200 g/mol. The lowest BCUT2D eigenvalue weighted by Crippen LogP contribution is -2.17. The van der Waals surface area contributed by atoms with Crippen molar-refractivity contribution in [3.63, 3.8) is 0 Å². The minimum Gasteiger partial charge on any atom is -0.356 e. The fourth-order valence-electron chi connectivity index (χ4n) is 0.468. The molecule has 2 N–H and O–H groups in total. The fraction of sp³-hybridized carbons (Fsp3) is 1.00. The molecule has 0 aliphatic carbocycles. The quantitative estimate of drug-likeness (QED) is 0.673. The van der Waals surface area contributed by atoms with E-state index < -0.39 is 0 Å². The smallest absolute Gasteiger partial charge is 0.158 e. The highest BCUT2D eigenvalue weighted by Crippen LogP contribution is 1.93. The van der Waals surface area contributed by atoms with Crippen molar-refractivity contribution in [1.82, 2.24) is 0 Å². The molecular weight excluding hydrogens is 186 g/mol. The standard InChI is InChI=1S/C5H13NO2.BrH/c1-7-5(8-2)3-4-6;/h5H,3-4,6H2,1-2H3;1H. The van der Waals surface area contributed by atoms with Gasteiger partial charge in [-0.3, -0.25) is 0 Å². The summed E-state index contributed by atoms with van der Waals surface area (Å²) in [7, 11) is 3.20. The maximum atomic E-state index is 5.22. The number of hydrogen-bond donors (Lipinski definition) is 1. The van der Waals surface area contributed by atoms with Gasteiger partial charge in [-0.2, -0.15) is 0 Å². The van der Waals surface area contributed by atoms with Crippen LogP contribution in [-0.2, 0) is 9.47 Å². The monoisotopic (exact) mass is 199 g/mol. The van der Waals surface area contributed by atoms with Gasteiger partial charge in [0.2, 0.25) is 0 Å². The van der Waals surface area contributed by atoms with Crippen LogP contribution >= 0.6 is 17.0 Å². The van der Waals surface area contributed by atoms with E-state index in [0.717, 1.165) is 6.42 Å². The Bertz CT molecular complexity index is 50.2. The van der Waals surface area contributed by atoms with Gasteiger partial charge in [0.25, 0.3) is 0 Å². The first-order chi connectivity index (χ1) is 3.85. The lowest BCUT2D eigenvalue weighted by Gasteiger charge is -2.10. The molecule has 0 rings (SSSR count). The van der Waals surface area contributed by atoms with E-state index in [9.17, 15) is 0 Å². The van der Waals surface area contributed by atoms with Gasteiger partial charge >= 0.3 is 0 Å². The van der Waals surface area contributed by atoms with Crippen LogP contribution in [0.5, 0.6) is 0 Å². The molecule has 0 amide bonds. The summed E-state index contributed by atoms with van der Waals surface area (Å²) in [5, 5.41) is 0. The highest BCUT2D eigenvalue weighted by atomic mass is 79.9. The Kier molecular flexibility index (Phi) is 11.2. The lowest BCUT2D eigenvalue weighted by atomic mass is 10.4. The van der Waals surface area contributed by atoms with E-state index in [0.29, 0.717) is 6.54 Å². The van der Waals surface area contributed by atoms with Crippen LogP contribution in [0.4, 0.5) is 0 Å². The lowest BCUT2D eigenvalue weighted by molar-refractivity contribution is -0.104. The largest absolute Gasteiger partial charge is 0.356 e. The molecule has 0 bridgehead atoms. The van der Waals surface area contributed by atoms with Crippen molar-refractivity contribution in [2.24, 2.45) is 5.73 Å². The Morgan fingerprint density at radius 1 is 1.33 bits per heavy atom. The van der Waals surface area contributed by atoms with Crippen molar-refractivity contribution < 1.29 is 9.47 Å². The third kappa shape index (κ3) is 6.24. The first-order valence-corrected chi connectivity index (χ1v) is 2.60. The first kappa shape index (κ1) is 12.1. The summed E-state index contributed by atoms with van der Waals surface area (Å²) in [5.74, 6) is 0. The highest BCUT2D eigenvalue weighted by molar-refractivity contribution is 8.93. The zero-order valence-corrected chi connectivity index (χ0v) is 7.51. The van der Waals surface area contributed by atoms with Crippen LogP contribution in [0.2, 0.25) is 0 Å². The second-order valence-corrected chi connectivity index (χ2v) is 1.48. The Morgan fingerprint density at radius 2 is 1.78 bits per heavy atom. The van der Waals surface area contributed by atoms with E-state index in [4.69, 9.17) is 15.2 Å². The number of rotatable bonds is 4. The van der Waals surface area contributed by atoms with Gasteiger partial charge in [0, 0.05) is 20.6 Å². The number of hydrogen-bond acceptors (Lipinski definition) is 3. The molecule has 0 aromatic carbocycles.